The summed E-state index contributed by atoms with van der Waals surface area (Å²) < 4.78 is 8.71. The van der Waals surface area contributed by atoms with Crippen LogP contribution in [0.3, 0.4) is 0 Å². The highest BCUT2D eigenvalue weighted by molar-refractivity contribution is 5.75. The molecule has 0 aromatic carbocycles. The maximum absolute atomic E-state index is 12.6. The quantitative estimate of drug-likeness (QED) is 0.697. The Morgan fingerprint density at radius 2 is 1.80 bits per heavy atom. The molecule has 3 rings (SSSR count). The van der Waals surface area contributed by atoms with Crippen molar-refractivity contribution in [1.29, 1.82) is 0 Å². The second-order valence-electron chi connectivity index (χ2n) is 6.41. The predicted molar refractivity (Wildman–Crippen MR) is 91.4 cm³/mol. The smallest absolute Gasteiger partial charge is 0.332 e. The highest BCUT2D eigenvalue weighted by atomic mass is 16.5. The summed E-state index contributed by atoms with van der Waals surface area (Å²) in [5.74, 6) is 0.135. The van der Waals surface area contributed by atoms with Crippen LogP contribution < -0.4 is 11.2 Å². The molecular formula is C16H23N5O4. The zero-order valence-corrected chi connectivity index (χ0v) is 14.8. The lowest BCUT2D eigenvalue weighted by atomic mass is 10.1. The Bertz CT molecular complexity index is 917. The number of esters is 1. The van der Waals surface area contributed by atoms with Gasteiger partial charge in [0.2, 0.25) is 0 Å². The van der Waals surface area contributed by atoms with Crippen molar-refractivity contribution < 1.29 is 9.53 Å². The summed E-state index contributed by atoms with van der Waals surface area (Å²) in [7, 11) is 4.30. The molecule has 0 atom stereocenters. The lowest BCUT2D eigenvalue weighted by Crippen LogP contribution is -2.37. The molecule has 0 saturated carbocycles. The molecule has 3 heterocycles. The lowest BCUT2D eigenvalue weighted by molar-refractivity contribution is -0.141. The van der Waals surface area contributed by atoms with Crippen LogP contribution in [0.5, 0.6) is 0 Å². The van der Waals surface area contributed by atoms with E-state index in [4.69, 9.17) is 4.74 Å². The zero-order chi connectivity index (χ0) is 18.1. The van der Waals surface area contributed by atoms with Gasteiger partial charge >= 0.3 is 11.7 Å². The van der Waals surface area contributed by atoms with Crippen molar-refractivity contribution in [2.24, 2.45) is 14.1 Å². The Hall–Kier alpha value is -2.42. The first-order chi connectivity index (χ1) is 11.9. The van der Waals surface area contributed by atoms with E-state index >= 15 is 0 Å². The molecule has 1 aliphatic heterocycles. The van der Waals surface area contributed by atoms with E-state index in [0.717, 1.165) is 30.5 Å². The van der Waals surface area contributed by atoms with Gasteiger partial charge in [-0.05, 0) is 25.9 Å². The van der Waals surface area contributed by atoms with E-state index in [0.29, 0.717) is 18.0 Å². The fraction of sp³-hybridized carbons (Fsp3) is 0.625. The van der Waals surface area contributed by atoms with E-state index in [1.165, 1.54) is 25.1 Å². The summed E-state index contributed by atoms with van der Waals surface area (Å²) in [6.45, 7) is 2.34. The van der Waals surface area contributed by atoms with Gasteiger partial charge in [-0.15, -0.1) is 0 Å². The second kappa shape index (κ2) is 6.83. The number of carbonyl (C=O) groups is 1. The first kappa shape index (κ1) is 17.4. The minimum Gasteiger partial charge on any atom is -0.468 e. The molecule has 0 spiro atoms. The van der Waals surface area contributed by atoms with Gasteiger partial charge in [0.05, 0.1) is 13.7 Å². The molecule has 136 valence electrons. The average Bonchev–Trinajstić information content (AvgIpc) is 2.97. The summed E-state index contributed by atoms with van der Waals surface area (Å²) >= 11 is 0. The maximum atomic E-state index is 12.6. The third-order valence-electron chi connectivity index (χ3n) is 4.76. The molecular weight excluding hydrogens is 326 g/mol. The van der Waals surface area contributed by atoms with Crippen LogP contribution in [0.4, 0.5) is 0 Å². The maximum Gasteiger partial charge on any atom is 0.332 e. The summed E-state index contributed by atoms with van der Waals surface area (Å²) in [6, 6.07) is 0. The molecule has 0 N–H and O–H groups in total. The van der Waals surface area contributed by atoms with Crippen LogP contribution in [0.15, 0.2) is 9.59 Å². The van der Waals surface area contributed by atoms with Gasteiger partial charge in [-0.25, -0.2) is 9.78 Å². The normalized spacial score (nSPS) is 15.6. The molecule has 25 heavy (non-hydrogen) atoms. The van der Waals surface area contributed by atoms with Gasteiger partial charge in [0.1, 0.15) is 12.4 Å². The number of imidazole rings is 1. The molecule has 1 fully saturated rings. The zero-order valence-electron chi connectivity index (χ0n) is 14.8. The predicted octanol–water partition coefficient (Wildman–Crippen LogP) is -0.407. The number of piperidine rings is 1. The monoisotopic (exact) mass is 349 g/mol. The topological polar surface area (TPSA) is 91.4 Å². The van der Waals surface area contributed by atoms with Crippen LogP contribution in [0.25, 0.3) is 11.2 Å². The van der Waals surface area contributed by atoms with E-state index < -0.39 is 17.2 Å². The van der Waals surface area contributed by atoms with Crippen molar-refractivity contribution in [3.05, 3.63) is 26.7 Å². The first-order valence-corrected chi connectivity index (χ1v) is 8.38. The molecule has 0 unspecified atom stereocenters. The van der Waals surface area contributed by atoms with E-state index in [-0.39, 0.29) is 12.1 Å². The van der Waals surface area contributed by atoms with Crippen LogP contribution in [-0.2, 0) is 36.7 Å². The van der Waals surface area contributed by atoms with Crippen molar-refractivity contribution in [3.8, 4) is 0 Å². The number of ether oxygens (including phenoxy) is 1. The van der Waals surface area contributed by atoms with Gasteiger partial charge in [0.15, 0.2) is 11.2 Å². The number of hydrogen-bond donors (Lipinski definition) is 0. The fourth-order valence-electron chi connectivity index (χ4n) is 3.29. The minimum absolute atomic E-state index is 0.108. The number of aryl methyl sites for hydroxylation is 1. The third kappa shape index (κ3) is 3.11. The number of aromatic nitrogens is 4. The summed E-state index contributed by atoms with van der Waals surface area (Å²) in [5, 5.41) is 0. The second-order valence-corrected chi connectivity index (χ2v) is 6.41. The van der Waals surface area contributed by atoms with Gasteiger partial charge in [0.25, 0.3) is 5.56 Å². The van der Waals surface area contributed by atoms with E-state index in [9.17, 15) is 14.4 Å². The number of rotatable bonds is 4. The van der Waals surface area contributed by atoms with E-state index in [2.05, 4.69) is 9.88 Å². The van der Waals surface area contributed by atoms with Crippen LogP contribution in [-0.4, -0.2) is 49.8 Å². The molecule has 0 radical (unpaired) electrons. The van der Waals surface area contributed by atoms with Gasteiger partial charge in [-0.1, -0.05) is 6.42 Å². The number of likely N-dealkylation sites (tertiary alicyclic amines) is 1. The number of hydrogen-bond acceptors (Lipinski definition) is 6. The van der Waals surface area contributed by atoms with Crippen molar-refractivity contribution in [2.45, 2.75) is 32.4 Å². The van der Waals surface area contributed by atoms with Gasteiger partial charge in [-0.3, -0.25) is 23.6 Å². The highest BCUT2D eigenvalue weighted by Gasteiger charge is 2.22. The molecule has 2 aromatic heterocycles. The van der Waals surface area contributed by atoms with Crippen LogP contribution in [0, 0.1) is 0 Å². The number of nitrogens with zero attached hydrogens (tertiary/aromatic N) is 5. The Labute approximate surface area is 144 Å². The van der Waals surface area contributed by atoms with Crippen LogP contribution in [0.1, 0.15) is 25.1 Å². The fourth-order valence-corrected chi connectivity index (χ4v) is 3.29. The molecule has 1 saturated heterocycles. The number of carbonyl (C=O) groups excluding carboxylic acids is 1. The number of fused-ring (bicyclic) bond motifs is 1. The Kier molecular flexibility index (Phi) is 4.76. The SMILES string of the molecule is COC(=O)Cn1c(CN2CCCCC2)nc2c1c(=O)n(C)c(=O)n2C. The molecule has 0 bridgehead atoms. The van der Waals surface area contributed by atoms with Gasteiger partial charge < -0.3 is 9.30 Å². The van der Waals surface area contributed by atoms with E-state index in [1.54, 1.807) is 11.6 Å². The van der Waals surface area contributed by atoms with Crippen LogP contribution >= 0.6 is 0 Å². The van der Waals surface area contributed by atoms with Crippen molar-refractivity contribution >= 4 is 17.1 Å². The van der Waals surface area contributed by atoms with E-state index in [1.807, 2.05) is 0 Å². The highest BCUT2D eigenvalue weighted by Crippen LogP contribution is 2.16. The van der Waals surface area contributed by atoms with Crippen molar-refractivity contribution in [3.63, 3.8) is 0 Å². The molecule has 1 aliphatic rings. The standard InChI is InChI=1S/C16H23N5O4/c1-18-14-13(15(23)19(2)16(18)24)21(10-12(22)25-3)11(17-14)9-20-7-5-4-6-8-20/h4-10H2,1-3H3. The lowest BCUT2D eigenvalue weighted by Gasteiger charge is -2.26. The van der Waals surface area contributed by atoms with Gasteiger partial charge in [-0.2, -0.15) is 0 Å². The van der Waals surface area contributed by atoms with Gasteiger partial charge in [0, 0.05) is 14.1 Å². The largest absolute Gasteiger partial charge is 0.468 e. The minimum atomic E-state index is -0.463. The summed E-state index contributed by atoms with van der Waals surface area (Å²) in [6.07, 6.45) is 3.46. The van der Waals surface area contributed by atoms with Crippen molar-refractivity contribution in [1.82, 2.24) is 23.6 Å². The molecule has 0 aliphatic carbocycles. The van der Waals surface area contributed by atoms with Crippen LogP contribution in [0.2, 0.25) is 0 Å². The molecule has 9 nitrogen and oxygen atoms in total. The Morgan fingerprint density at radius 1 is 1.12 bits per heavy atom. The molecule has 0 amide bonds. The Morgan fingerprint density at radius 3 is 2.44 bits per heavy atom. The summed E-state index contributed by atoms with van der Waals surface area (Å²) in [5.41, 5.74) is -0.352. The average molecular weight is 349 g/mol. The first-order valence-electron chi connectivity index (χ1n) is 8.38. The summed E-state index contributed by atoms with van der Waals surface area (Å²) in [4.78, 5) is 43.4. The third-order valence-corrected chi connectivity index (χ3v) is 4.76. The Balaban J connectivity index is 2.17. The molecule has 2 aromatic rings. The number of methoxy groups -OCH3 is 1. The molecule has 9 heteroatoms. The van der Waals surface area contributed by atoms with Crippen molar-refractivity contribution in [2.75, 3.05) is 20.2 Å².